The predicted octanol–water partition coefficient (Wildman–Crippen LogP) is 3.47. The van der Waals surface area contributed by atoms with Crippen molar-refractivity contribution in [2.45, 2.75) is 6.42 Å². The Hall–Kier alpha value is -2.37. The minimum absolute atomic E-state index is 0.647. The summed E-state index contributed by atoms with van der Waals surface area (Å²) in [6.07, 6.45) is 0.910. The first-order valence-corrected chi connectivity index (χ1v) is 8.88. The molecule has 0 aromatic heterocycles. The Morgan fingerprint density at radius 3 is 2.56 bits per heavy atom. The molecule has 2 aliphatic heterocycles. The lowest BCUT2D eigenvalue weighted by molar-refractivity contribution is -0.612. The van der Waals surface area contributed by atoms with E-state index in [1.54, 1.807) is 0 Å². The topological polar surface area (TPSA) is 52.6 Å². The van der Waals surface area contributed by atoms with Crippen LogP contribution in [-0.4, -0.2) is 41.0 Å². The molecule has 2 aliphatic rings. The van der Waals surface area contributed by atoms with E-state index >= 15 is 0 Å². The fraction of sp³-hybridized carbons (Fsp3) is 0.263. The molecule has 0 saturated carbocycles. The van der Waals surface area contributed by atoms with Gasteiger partial charge in [0.15, 0.2) is 4.87 Å². The van der Waals surface area contributed by atoms with Gasteiger partial charge in [0.2, 0.25) is 0 Å². The van der Waals surface area contributed by atoms with Gasteiger partial charge in [-0.25, -0.2) is 0 Å². The van der Waals surface area contributed by atoms with Gasteiger partial charge in [0, 0.05) is 29.7 Å². The third-order valence-electron chi connectivity index (χ3n) is 4.71. The molecule has 2 aromatic rings. The van der Waals surface area contributed by atoms with Crippen LogP contribution < -0.4 is 5.73 Å². The summed E-state index contributed by atoms with van der Waals surface area (Å²) >= 11 is 6.07. The molecule has 6 heteroatoms. The Kier molecular flexibility index (Phi) is 4.19. The van der Waals surface area contributed by atoms with Gasteiger partial charge in [0.25, 0.3) is 0 Å². The van der Waals surface area contributed by atoms with Crippen molar-refractivity contribution >= 4 is 28.7 Å². The molecule has 128 valence electrons. The SMILES string of the molecule is NCCCN1CCN2C(=C1c1ccc(Cl)cc1)c1ccccc1[N+]2=O. The van der Waals surface area contributed by atoms with Crippen molar-refractivity contribution in [3.8, 4) is 0 Å². The number of nitrogens with two attached hydrogens (primary N) is 1. The summed E-state index contributed by atoms with van der Waals surface area (Å²) in [5.41, 5.74) is 10.5. The summed E-state index contributed by atoms with van der Waals surface area (Å²) in [5, 5.41) is 2.53. The summed E-state index contributed by atoms with van der Waals surface area (Å²) < 4.78 is 0. The van der Waals surface area contributed by atoms with E-state index in [4.69, 9.17) is 17.3 Å². The smallest absolute Gasteiger partial charge is 0.302 e. The van der Waals surface area contributed by atoms with Crippen LogP contribution in [0.15, 0.2) is 48.5 Å². The van der Waals surface area contributed by atoms with Gasteiger partial charge in [-0.05, 0) is 31.2 Å². The molecular formula is C19H20ClN4O+. The molecular weight excluding hydrogens is 336 g/mol. The summed E-state index contributed by atoms with van der Waals surface area (Å²) in [6, 6.07) is 15.6. The van der Waals surface area contributed by atoms with Gasteiger partial charge in [0.05, 0.1) is 16.2 Å². The highest BCUT2D eigenvalue weighted by Crippen LogP contribution is 2.44. The third-order valence-corrected chi connectivity index (χ3v) is 4.97. The van der Waals surface area contributed by atoms with Crippen molar-refractivity contribution in [3.05, 3.63) is 69.6 Å². The number of rotatable bonds is 4. The standard InChI is InChI=1S/C19H20ClN4O/c20-15-8-6-14(7-9-15)18-19-16-4-1-2-5-17(16)24(25)23(19)13-12-22(18)11-3-10-21/h1-2,4-9H,3,10-13,21H2/q+1. The molecule has 0 fully saturated rings. The van der Waals surface area contributed by atoms with E-state index in [9.17, 15) is 4.91 Å². The molecule has 2 aromatic carbocycles. The minimum atomic E-state index is 0.647. The Morgan fingerprint density at radius 1 is 1.04 bits per heavy atom. The lowest BCUT2D eigenvalue weighted by Gasteiger charge is -2.34. The first-order chi connectivity index (χ1) is 12.2. The first-order valence-electron chi connectivity index (χ1n) is 8.50. The molecule has 25 heavy (non-hydrogen) atoms. The van der Waals surface area contributed by atoms with E-state index in [0.29, 0.717) is 23.8 Å². The van der Waals surface area contributed by atoms with Crippen LogP contribution in [0, 0.1) is 4.91 Å². The van der Waals surface area contributed by atoms with Gasteiger partial charge in [-0.2, -0.15) is 0 Å². The largest absolute Gasteiger partial charge is 0.367 e. The number of fused-ring (bicyclic) bond motifs is 3. The van der Waals surface area contributed by atoms with Gasteiger partial charge in [-0.1, -0.05) is 40.9 Å². The molecule has 0 saturated heterocycles. The zero-order chi connectivity index (χ0) is 17.4. The maximum Gasteiger partial charge on any atom is 0.302 e. The maximum atomic E-state index is 12.7. The average molecular weight is 356 g/mol. The van der Waals surface area contributed by atoms with Crippen LogP contribution in [0.4, 0.5) is 5.69 Å². The molecule has 0 aliphatic carbocycles. The molecule has 4 rings (SSSR count). The molecule has 2 heterocycles. The van der Waals surface area contributed by atoms with Crippen molar-refractivity contribution in [2.24, 2.45) is 5.73 Å². The van der Waals surface area contributed by atoms with Gasteiger partial charge >= 0.3 is 5.69 Å². The number of para-hydroxylation sites is 1. The minimum Gasteiger partial charge on any atom is -0.367 e. The van der Waals surface area contributed by atoms with Gasteiger partial charge in [0.1, 0.15) is 12.2 Å². The van der Waals surface area contributed by atoms with E-state index in [0.717, 1.165) is 46.9 Å². The number of hydrogen-bond donors (Lipinski definition) is 1. The third kappa shape index (κ3) is 2.69. The van der Waals surface area contributed by atoms with E-state index in [2.05, 4.69) is 4.90 Å². The Morgan fingerprint density at radius 2 is 1.80 bits per heavy atom. The number of hydrogen-bond acceptors (Lipinski definition) is 3. The van der Waals surface area contributed by atoms with E-state index < -0.39 is 0 Å². The number of benzene rings is 2. The monoisotopic (exact) mass is 355 g/mol. The highest BCUT2D eigenvalue weighted by atomic mass is 35.5. The molecule has 0 spiro atoms. The molecule has 0 atom stereocenters. The van der Waals surface area contributed by atoms with Crippen LogP contribution in [0.5, 0.6) is 0 Å². The highest BCUT2D eigenvalue weighted by Gasteiger charge is 2.45. The predicted molar refractivity (Wildman–Crippen MR) is 99.9 cm³/mol. The summed E-state index contributed by atoms with van der Waals surface area (Å²) in [7, 11) is 0. The normalized spacial score (nSPS) is 16.3. The molecule has 5 nitrogen and oxygen atoms in total. The van der Waals surface area contributed by atoms with Crippen LogP contribution in [0.2, 0.25) is 5.02 Å². The summed E-state index contributed by atoms with van der Waals surface area (Å²) in [6.45, 7) is 2.96. The molecule has 0 radical (unpaired) electrons. The first kappa shape index (κ1) is 16.1. The summed E-state index contributed by atoms with van der Waals surface area (Å²) in [4.78, 5) is 16.1. The molecule has 2 N–H and O–H groups in total. The number of nitroso groups, excluding NO2 is 1. The highest BCUT2D eigenvalue weighted by molar-refractivity contribution is 6.30. The zero-order valence-electron chi connectivity index (χ0n) is 13.9. The van der Waals surface area contributed by atoms with Crippen LogP contribution in [0.1, 0.15) is 17.5 Å². The van der Waals surface area contributed by atoms with E-state index in [1.807, 2.05) is 53.5 Å². The fourth-order valence-corrected chi connectivity index (χ4v) is 3.69. The second-order valence-electron chi connectivity index (χ2n) is 6.25. The van der Waals surface area contributed by atoms with Crippen LogP contribution in [-0.2, 0) is 0 Å². The van der Waals surface area contributed by atoms with Crippen molar-refractivity contribution in [3.63, 3.8) is 0 Å². The Labute approximate surface area is 151 Å². The Bertz CT molecular complexity index is 847. The number of hydrazine groups is 1. The van der Waals surface area contributed by atoms with Crippen molar-refractivity contribution < 1.29 is 4.87 Å². The maximum absolute atomic E-state index is 12.7. The number of halogens is 1. The van der Waals surface area contributed by atoms with E-state index in [1.165, 1.54) is 0 Å². The van der Waals surface area contributed by atoms with Gasteiger partial charge < -0.3 is 10.6 Å². The van der Waals surface area contributed by atoms with E-state index in [-0.39, 0.29) is 0 Å². The lowest BCUT2D eigenvalue weighted by atomic mass is 10.0. The molecule has 0 amide bonds. The molecule has 0 bridgehead atoms. The van der Waals surface area contributed by atoms with Gasteiger partial charge in [-0.3, -0.25) is 0 Å². The van der Waals surface area contributed by atoms with Crippen LogP contribution in [0.25, 0.3) is 11.4 Å². The summed E-state index contributed by atoms with van der Waals surface area (Å²) in [5.74, 6) is 0. The van der Waals surface area contributed by atoms with Crippen molar-refractivity contribution in [2.75, 3.05) is 26.2 Å². The quantitative estimate of drug-likeness (QED) is 0.853. The average Bonchev–Trinajstić information content (AvgIpc) is 2.93. The van der Waals surface area contributed by atoms with Crippen LogP contribution in [0.3, 0.4) is 0 Å². The number of nitrogens with zero attached hydrogens (tertiary/aromatic N) is 3. The van der Waals surface area contributed by atoms with Crippen molar-refractivity contribution in [1.82, 2.24) is 9.91 Å². The zero-order valence-corrected chi connectivity index (χ0v) is 14.6. The van der Waals surface area contributed by atoms with Crippen molar-refractivity contribution in [1.29, 1.82) is 0 Å². The second kappa shape index (κ2) is 6.50. The molecule has 0 unspecified atom stereocenters. The van der Waals surface area contributed by atoms with Gasteiger partial charge in [-0.15, -0.1) is 0 Å². The van der Waals surface area contributed by atoms with Crippen LogP contribution >= 0.6 is 11.6 Å². The Balaban J connectivity index is 1.91. The second-order valence-corrected chi connectivity index (χ2v) is 6.68. The lowest BCUT2D eigenvalue weighted by Crippen LogP contribution is -2.41. The fourth-order valence-electron chi connectivity index (χ4n) is 3.56.